The van der Waals surface area contributed by atoms with Gasteiger partial charge in [-0.05, 0) is 50.2 Å². The van der Waals surface area contributed by atoms with Crippen LogP contribution in [0.25, 0.3) is 0 Å². The molecule has 0 bridgehead atoms. The number of benzene rings is 1. The number of halogens is 1. The first-order valence-corrected chi connectivity index (χ1v) is 8.44. The van der Waals surface area contributed by atoms with Crippen LogP contribution in [0.5, 0.6) is 0 Å². The Morgan fingerprint density at radius 2 is 1.83 bits per heavy atom. The van der Waals surface area contributed by atoms with E-state index in [-0.39, 0.29) is 17.8 Å². The Morgan fingerprint density at radius 1 is 1.22 bits per heavy atom. The van der Waals surface area contributed by atoms with Crippen molar-refractivity contribution in [3.63, 3.8) is 0 Å². The number of guanidine groups is 1. The highest BCUT2D eigenvalue weighted by Gasteiger charge is 2.18. The summed E-state index contributed by atoms with van der Waals surface area (Å²) in [5, 5.41) is 6.94. The van der Waals surface area contributed by atoms with Crippen LogP contribution >= 0.6 is 12.4 Å². The number of rotatable bonds is 3. The molecule has 2 rings (SSSR count). The van der Waals surface area contributed by atoms with Crippen molar-refractivity contribution in [2.45, 2.75) is 77.9 Å². The molecular weight excluding hydrogens is 306 g/mol. The number of hydrogen-bond donors (Lipinski definition) is 2. The SMILES string of the molecule is CC1CC(C)NC(NC(C)Cc2ccc(C(C)(C)C)cc2)=N1.Cl. The van der Waals surface area contributed by atoms with Gasteiger partial charge in [0, 0.05) is 12.1 Å². The van der Waals surface area contributed by atoms with E-state index in [4.69, 9.17) is 0 Å². The van der Waals surface area contributed by atoms with Gasteiger partial charge in [-0.15, -0.1) is 12.4 Å². The summed E-state index contributed by atoms with van der Waals surface area (Å²) >= 11 is 0. The highest BCUT2D eigenvalue weighted by atomic mass is 35.5. The third kappa shape index (κ3) is 6.06. The van der Waals surface area contributed by atoms with Crippen molar-refractivity contribution in [1.82, 2.24) is 10.6 Å². The minimum atomic E-state index is 0. The second kappa shape index (κ2) is 8.05. The summed E-state index contributed by atoms with van der Waals surface area (Å²) in [5.74, 6) is 0.949. The van der Waals surface area contributed by atoms with Gasteiger partial charge in [0.05, 0.1) is 6.04 Å². The summed E-state index contributed by atoms with van der Waals surface area (Å²) in [7, 11) is 0. The fourth-order valence-corrected chi connectivity index (χ4v) is 2.97. The van der Waals surface area contributed by atoms with Gasteiger partial charge in [-0.2, -0.15) is 0 Å². The van der Waals surface area contributed by atoms with Crippen molar-refractivity contribution in [2.75, 3.05) is 0 Å². The van der Waals surface area contributed by atoms with Crippen molar-refractivity contribution in [3.05, 3.63) is 35.4 Å². The Bertz CT molecular complexity index is 516. The zero-order chi connectivity index (χ0) is 16.3. The predicted octanol–water partition coefficient (Wildman–Crippen LogP) is 4.05. The van der Waals surface area contributed by atoms with Gasteiger partial charge in [0.25, 0.3) is 0 Å². The zero-order valence-corrected chi connectivity index (χ0v) is 16.1. The van der Waals surface area contributed by atoms with E-state index in [1.807, 2.05) is 0 Å². The molecule has 0 amide bonds. The van der Waals surface area contributed by atoms with Gasteiger partial charge in [0.1, 0.15) is 0 Å². The third-order valence-corrected chi connectivity index (χ3v) is 4.17. The second-order valence-corrected chi connectivity index (χ2v) is 7.80. The lowest BCUT2D eigenvalue weighted by atomic mass is 9.86. The number of hydrogen-bond acceptors (Lipinski definition) is 3. The Labute approximate surface area is 147 Å². The lowest BCUT2D eigenvalue weighted by Crippen LogP contribution is -2.50. The lowest BCUT2D eigenvalue weighted by Gasteiger charge is -2.28. The Balaban J connectivity index is 0.00000264. The lowest BCUT2D eigenvalue weighted by molar-refractivity contribution is 0.491. The highest BCUT2D eigenvalue weighted by Crippen LogP contribution is 2.22. The Morgan fingerprint density at radius 3 is 2.35 bits per heavy atom. The first-order valence-electron chi connectivity index (χ1n) is 8.44. The molecule has 0 saturated carbocycles. The van der Waals surface area contributed by atoms with Crippen LogP contribution in [0.2, 0.25) is 0 Å². The van der Waals surface area contributed by atoms with Crippen LogP contribution in [0.15, 0.2) is 29.3 Å². The highest BCUT2D eigenvalue weighted by molar-refractivity contribution is 5.85. The van der Waals surface area contributed by atoms with Crippen LogP contribution in [-0.4, -0.2) is 24.1 Å². The van der Waals surface area contributed by atoms with Gasteiger partial charge < -0.3 is 10.6 Å². The zero-order valence-electron chi connectivity index (χ0n) is 15.3. The van der Waals surface area contributed by atoms with Gasteiger partial charge in [-0.1, -0.05) is 45.0 Å². The summed E-state index contributed by atoms with van der Waals surface area (Å²) in [4.78, 5) is 4.66. The number of nitrogens with zero attached hydrogens (tertiary/aromatic N) is 1. The Kier molecular flexibility index (Phi) is 6.94. The molecule has 3 nitrogen and oxygen atoms in total. The van der Waals surface area contributed by atoms with E-state index >= 15 is 0 Å². The van der Waals surface area contributed by atoms with Gasteiger partial charge in [-0.3, -0.25) is 4.99 Å². The van der Waals surface area contributed by atoms with E-state index < -0.39 is 0 Å². The minimum absolute atomic E-state index is 0. The van der Waals surface area contributed by atoms with Crippen LogP contribution in [-0.2, 0) is 11.8 Å². The van der Waals surface area contributed by atoms with Crippen LogP contribution in [0.1, 0.15) is 59.1 Å². The summed E-state index contributed by atoms with van der Waals surface area (Å²) in [5.41, 5.74) is 2.97. The fourth-order valence-electron chi connectivity index (χ4n) is 2.97. The van der Waals surface area contributed by atoms with Gasteiger partial charge in [0.2, 0.25) is 0 Å². The molecule has 1 aliphatic heterocycles. The molecule has 0 saturated heterocycles. The molecule has 0 radical (unpaired) electrons. The quantitative estimate of drug-likeness (QED) is 0.872. The molecule has 0 aromatic heterocycles. The van der Waals surface area contributed by atoms with Crippen LogP contribution in [0.3, 0.4) is 0 Å². The summed E-state index contributed by atoms with van der Waals surface area (Å²) in [6.07, 6.45) is 2.11. The van der Waals surface area contributed by atoms with E-state index in [0.717, 1.165) is 18.8 Å². The van der Waals surface area contributed by atoms with E-state index in [1.165, 1.54) is 11.1 Å². The second-order valence-electron chi connectivity index (χ2n) is 7.80. The fraction of sp³-hybridized carbons (Fsp3) is 0.632. The van der Waals surface area contributed by atoms with Crippen molar-refractivity contribution >= 4 is 18.4 Å². The minimum Gasteiger partial charge on any atom is -0.354 e. The molecule has 0 spiro atoms. The van der Waals surface area contributed by atoms with Crippen molar-refractivity contribution in [1.29, 1.82) is 0 Å². The summed E-state index contributed by atoms with van der Waals surface area (Å²) in [6, 6.07) is 10.3. The largest absolute Gasteiger partial charge is 0.354 e. The number of nitrogens with one attached hydrogen (secondary N) is 2. The molecule has 1 aliphatic rings. The maximum Gasteiger partial charge on any atom is 0.191 e. The van der Waals surface area contributed by atoms with Crippen molar-refractivity contribution in [2.24, 2.45) is 4.99 Å². The van der Waals surface area contributed by atoms with Crippen LogP contribution in [0, 0.1) is 0 Å². The van der Waals surface area contributed by atoms with Crippen molar-refractivity contribution < 1.29 is 0 Å². The van der Waals surface area contributed by atoms with Gasteiger partial charge >= 0.3 is 0 Å². The monoisotopic (exact) mass is 337 g/mol. The molecule has 130 valence electrons. The molecule has 0 aliphatic carbocycles. The summed E-state index contributed by atoms with van der Waals surface area (Å²) < 4.78 is 0. The maximum atomic E-state index is 4.66. The molecule has 3 atom stereocenters. The average molecular weight is 338 g/mol. The molecule has 23 heavy (non-hydrogen) atoms. The molecule has 0 fully saturated rings. The topological polar surface area (TPSA) is 36.4 Å². The smallest absolute Gasteiger partial charge is 0.191 e. The van der Waals surface area contributed by atoms with E-state index in [0.29, 0.717) is 18.1 Å². The molecule has 1 aromatic rings. The number of aliphatic imine (C=N–C) groups is 1. The first kappa shape index (κ1) is 19.8. The van der Waals surface area contributed by atoms with Crippen LogP contribution < -0.4 is 10.6 Å². The average Bonchev–Trinajstić information content (AvgIpc) is 2.36. The van der Waals surface area contributed by atoms with Gasteiger partial charge in [0.15, 0.2) is 5.96 Å². The van der Waals surface area contributed by atoms with Crippen LogP contribution in [0.4, 0.5) is 0 Å². The molecule has 3 unspecified atom stereocenters. The molecule has 4 heteroatoms. The molecule has 1 heterocycles. The normalized spacial score (nSPS) is 22.4. The molecule has 1 aromatic carbocycles. The standard InChI is InChI=1S/C19H31N3.ClH/c1-13-11-14(2)21-18(20-13)22-15(3)12-16-7-9-17(10-8-16)19(4,5)6;/h7-10,13-15H,11-12H2,1-6H3,(H2,20,21,22);1H. The van der Waals surface area contributed by atoms with E-state index in [1.54, 1.807) is 0 Å². The predicted molar refractivity (Wildman–Crippen MR) is 103 cm³/mol. The maximum absolute atomic E-state index is 4.66. The first-order chi connectivity index (χ1) is 10.2. The summed E-state index contributed by atoms with van der Waals surface area (Å²) in [6.45, 7) is 13.4. The third-order valence-electron chi connectivity index (χ3n) is 4.17. The van der Waals surface area contributed by atoms with E-state index in [9.17, 15) is 0 Å². The molecular formula is C19H32ClN3. The van der Waals surface area contributed by atoms with E-state index in [2.05, 4.69) is 81.4 Å². The van der Waals surface area contributed by atoms with Crippen molar-refractivity contribution in [3.8, 4) is 0 Å². The van der Waals surface area contributed by atoms with Gasteiger partial charge in [-0.25, -0.2) is 0 Å². The Hall–Kier alpha value is -1.22. The molecule has 2 N–H and O–H groups in total.